The molecule has 1 aromatic carbocycles. The van der Waals surface area contributed by atoms with Crippen LogP contribution in [-0.2, 0) is 0 Å². The van der Waals surface area contributed by atoms with E-state index in [0.717, 1.165) is 18.7 Å². The van der Waals surface area contributed by atoms with Crippen LogP contribution in [0.4, 0.5) is 5.69 Å². The molecule has 0 spiro atoms. The van der Waals surface area contributed by atoms with Crippen molar-refractivity contribution in [1.29, 1.82) is 0 Å². The summed E-state index contributed by atoms with van der Waals surface area (Å²) in [6, 6.07) is 6.17. The molecule has 3 nitrogen and oxygen atoms in total. The van der Waals surface area contributed by atoms with Gasteiger partial charge in [0, 0.05) is 25.2 Å². The fourth-order valence-electron chi connectivity index (χ4n) is 2.47. The highest BCUT2D eigenvalue weighted by Gasteiger charge is 2.27. The lowest BCUT2D eigenvalue weighted by molar-refractivity contribution is 0.176. The summed E-state index contributed by atoms with van der Waals surface area (Å²) in [4.78, 5) is 2.24. The second-order valence-corrected chi connectivity index (χ2v) is 4.59. The molecule has 2 rings (SSSR count). The van der Waals surface area contributed by atoms with Crippen LogP contribution in [0.25, 0.3) is 0 Å². The van der Waals surface area contributed by atoms with E-state index in [2.05, 4.69) is 24.1 Å². The SMILES string of the molecule is COc1ccc2c(c1)C(CC(C)O)CN2C. The summed E-state index contributed by atoms with van der Waals surface area (Å²) >= 11 is 0. The zero-order valence-electron chi connectivity index (χ0n) is 10.1. The minimum absolute atomic E-state index is 0.254. The lowest BCUT2D eigenvalue weighted by Crippen LogP contribution is -2.17. The van der Waals surface area contributed by atoms with Gasteiger partial charge in [-0.1, -0.05) is 0 Å². The van der Waals surface area contributed by atoms with Crippen LogP contribution in [0.1, 0.15) is 24.8 Å². The molecule has 0 fully saturated rings. The summed E-state index contributed by atoms with van der Waals surface area (Å²) in [7, 11) is 3.78. The number of aliphatic hydroxyl groups is 1. The summed E-state index contributed by atoms with van der Waals surface area (Å²) in [5.74, 6) is 1.31. The van der Waals surface area contributed by atoms with Crippen molar-refractivity contribution in [1.82, 2.24) is 0 Å². The second-order valence-electron chi connectivity index (χ2n) is 4.59. The van der Waals surface area contributed by atoms with Gasteiger partial charge in [-0.15, -0.1) is 0 Å². The average Bonchev–Trinajstić information content (AvgIpc) is 2.54. The molecular formula is C13H19NO2. The van der Waals surface area contributed by atoms with E-state index < -0.39 is 0 Å². The Labute approximate surface area is 96.6 Å². The van der Waals surface area contributed by atoms with Crippen molar-refractivity contribution in [3.05, 3.63) is 23.8 Å². The number of likely N-dealkylation sites (N-methyl/N-ethyl adjacent to an activating group) is 1. The molecule has 16 heavy (non-hydrogen) atoms. The van der Waals surface area contributed by atoms with Crippen molar-refractivity contribution >= 4 is 5.69 Å². The van der Waals surface area contributed by atoms with Crippen molar-refractivity contribution in [2.24, 2.45) is 0 Å². The topological polar surface area (TPSA) is 32.7 Å². The van der Waals surface area contributed by atoms with Crippen molar-refractivity contribution in [2.45, 2.75) is 25.4 Å². The molecule has 88 valence electrons. The Bertz CT molecular complexity index is 374. The van der Waals surface area contributed by atoms with Gasteiger partial charge in [0.1, 0.15) is 5.75 Å². The highest BCUT2D eigenvalue weighted by atomic mass is 16.5. The van der Waals surface area contributed by atoms with Gasteiger partial charge in [0.25, 0.3) is 0 Å². The quantitative estimate of drug-likeness (QED) is 0.847. The van der Waals surface area contributed by atoms with Crippen LogP contribution in [0, 0.1) is 0 Å². The number of rotatable bonds is 3. The van der Waals surface area contributed by atoms with E-state index >= 15 is 0 Å². The van der Waals surface area contributed by atoms with Crippen LogP contribution in [0.15, 0.2) is 18.2 Å². The van der Waals surface area contributed by atoms with Crippen LogP contribution < -0.4 is 9.64 Å². The number of aliphatic hydroxyl groups excluding tert-OH is 1. The van der Waals surface area contributed by atoms with Crippen LogP contribution in [0.5, 0.6) is 5.75 Å². The second kappa shape index (κ2) is 4.34. The zero-order valence-corrected chi connectivity index (χ0v) is 10.1. The number of fused-ring (bicyclic) bond motifs is 1. The summed E-state index contributed by atoms with van der Waals surface area (Å²) in [5.41, 5.74) is 2.55. The molecule has 1 aliphatic heterocycles. The molecule has 3 heteroatoms. The molecule has 1 heterocycles. The minimum atomic E-state index is -0.254. The monoisotopic (exact) mass is 221 g/mol. The predicted octanol–water partition coefficient (Wildman–Crippen LogP) is 2.00. The smallest absolute Gasteiger partial charge is 0.119 e. The number of ether oxygens (including phenoxy) is 1. The fraction of sp³-hybridized carbons (Fsp3) is 0.538. The Morgan fingerprint density at radius 2 is 2.31 bits per heavy atom. The number of anilines is 1. The zero-order chi connectivity index (χ0) is 11.7. The molecule has 0 saturated carbocycles. The molecule has 0 saturated heterocycles. The molecule has 1 N–H and O–H groups in total. The van der Waals surface area contributed by atoms with Gasteiger partial charge in [-0.05, 0) is 37.1 Å². The van der Waals surface area contributed by atoms with Gasteiger partial charge in [0.15, 0.2) is 0 Å². The fourth-order valence-corrected chi connectivity index (χ4v) is 2.47. The van der Waals surface area contributed by atoms with Crippen LogP contribution in [0.3, 0.4) is 0 Å². The van der Waals surface area contributed by atoms with E-state index in [1.54, 1.807) is 7.11 Å². The first-order valence-electron chi connectivity index (χ1n) is 5.69. The Balaban J connectivity index is 2.30. The van der Waals surface area contributed by atoms with Gasteiger partial charge in [-0.2, -0.15) is 0 Å². The van der Waals surface area contributed by atoms with E-state index in [9.17, 15) is 5.11 Å². The summed E-state index contributed by atoms with van der Waals surface area (Å²) in [6.45, 7) is 2.82. The number of hydrogen-bond donors (Lipinski definition) is 1. The van der Waals surface area contributed by atoms with E-state index in [4.69, 9.17) is 4.74 Å². The maximum Gasteiger partial charge on any atom is 0.119 e. The maximum absolute atomic E-state index is 9.50. The Kier molecular flexibility index (Phi) is 3.06. The first-order valence-corrected chi connectivity index (χ1v) is 5.69. The predicted molar refractivity (Wildman–Crippen MR) is 65.3 cm³/mol. The molecular weight excluding hydrogens is 202 g/mol. The number of methoxy groups -OCH3 is 1. The molecule has 0 aromatic heterocycles. The summed E-state index contributed by atoms with van der Waals surface area (Å²) < 4.78 is 5.25. The van der Waals surface area contributed by atoms with Crippen LogP contribution >= 0.6 is 0 Å². The highest BCUT2D eigenvalue weighted by Crippen LogP contribution is 2.39. The number of benzene rings is 1. The van der Waals surface area contributed by atoms with Gasteiger partial charge < -0.3 is 14.7 Å². The van der Waals surface area contributed by atoms with Crippen molar-refractivity contribution < 1.29 is 9.84 Å². The third-order valence-corrected chi connectivity index (χ3v) is 3.21. The van der Waals surface area contributed by atoms with Crippen molar-refractivity contribution in [2.75, 3.05) is 25.6 Å². The molecule has 0 amide bonds. The van der Waals surface area contributed by atoms with E-state index in [1.165, 1.54) is 11.3 Å². The van der Waals surface area contributed by atoms with Crippen LogP contribution in [0.2, 0.25) is 0 Å². The first-order chi connectivity index (χ1) is 7.61. The number of hydrogen-bond acceptors (Lipinski definition) is 3. The molecule has 1 aliphatic rings. The van der Waals surface area contributed by atoms with Gasteiger partial charge in [0.2, 0.25) is 0 Å². The van der Waals surface area contributed by atoms with Gasteiger partial charge in [-0.25, -0.2) is 0 Å². The summed E-state index contributed by atoms with van der Waals surface area (Å²) in [5, 5.41) is 9.50. The molecule has 0 aliphatic carbocycles. The average molecular weight is 221 g/mol. The maximum atomic E-state index is 9.50. The van der Waals surface area contributed by atoms with Gasteiger partial charge in [0.05, 0.1) is 13.2 Å². The highest BCUT2D eigenvalue weighted by molar-refractivity contribution is 5.61. The van der Waals surface area contributed by atoms with Gasteiger partial charge in [-0.3, -0.25) is 0 Å². The third kappa shape index (κ3) is 2.00. The van der Waals surface area contributed by atoms with E-state index in [0.29, 0.717) is 5.92 Å². The normalized spacial score (nSPS) is 20.8. The molecule has 1 aromatic rings. The molecule has 2 atom stereocenters. The summed E-state index contributed by atoms with van der Waals surface area (Å²) in [6.07, 6.45) is 0.556. The Hall–Kier alpha value is -1.22. The molecule has 0 radical (unpaired) electrons. The lowest BCUT2D eigenvalue weighted by atomic mass is 9.95. The number of nitrogens with zero attached hydrogens (tertiary/aromatic N) is 1. The van der Waals surface area contributed by atoms with Crippen LogP contribution in [-0.4, -0.2) is 31.9 Å². The standard InChI is InChI=1S/C13H19NO2/c1-9(15)6-10-8-14(2)13-5-4-11(16-3)7-12(10)13/h4-5,7,9-10,15H,6,8H2,1-3H3. The largest absolute Gasteiger partial charge is 0.497 e. The Morgan fingerprint density at radius 3 is 2.94 bits per heavy atom. The van der Waals surface area contributed by atoms with Gasteiger partial charge >= 0.3 is 0 Å². The Morgan fingerprint density at radius 1 is 1.56 bits per heavy atom. The molecule has 0 bridgehead atoms. The van der Waals surface area contributed by atoms with Crippen molar-refractivity contribution in [3.63, 3.8) is 0 Å². The minimum Gasteiger partial charge on any atom is -0.497 e. The third-order valence-electron chi connectivity index (χ3n) is 3.21. The first kappa shape index (κ1) is 11.3. The van der Waals surface area contributed by atoms with E-state index in [-0.39, 0.29) is 6.10 Å². The lowest BCUT2D eigenvalue weighted by Gasteiger charge is -2.13. The molecule has 2 unspecified atom stereocenters. The van der Waals surface area contributed by atoms with Crippen molar-refractivity contribution in [3.8, 4) is 5.75 Å². The van der Waals surface area contributed by atoms with E-state index in [1.807, 2.05) is 13.0 Å².